The summed E-state index contributed by atoms with van der Waals surface area (Å²) in [5.41, 5.74) is 6.34. The van der Waals surface area contributed by atoms with Crippen LogP contribution in [0.2, 0.25) is 0 Å². The molecule has 0 saturated carbocycles. The average Bonchev–Trinajstić information content (AvgIpc) is 2.54. The van der Waals surface area contributed by atoms with E-state index in [2.05, 4.69) is 0 Å². The zero-order valence-electron chi connectivity index (χ0n) is 12.5. The third kappa shape index (κ3) is 3.92. The first-order valence-electron chi connectivity index (χ1n) is 6.83. The Bertz CT molecular complexity index is 461. The number of nitrogens with zero attached hydrogens (tertiary/aromatic N) is 1. The molecule has 0 atom stereocenters. The molecule has 1 saturated heterocycles. The molecule has 118 valence electrons. The molecule has 1 fully saturated rings. The van der Waals surface area contributed by atoms with E-state index in [1.54, 1.807) is 16.7 Å². The van der Waals surface area contributed by atoms with Crippen molar-refractivity contribution in [3.63, 3.8) is 0 Å². The van der Waals surface area contributed by atoms with E-state index in [9.17, 15) is 4.79 Å². The number of amides is 1. The van der Waals surface area contributed by atoms with Crippen molar-refractivity contribution in [3.05, 3.63) is 24.3 Å². The Morgan fingerprint density at radius 1 is 1.33 bits per heavy atom. The lowest BCUT2D eigenvalue weighted by Gasteiger charge is -2.37. The third-order valence-corrected chi connectivity index (χ3v) is 4.80. The number of hydrogen-bond donors (Lipinski definition) is 1. The lowest BCUT2D eigenvalue weighted by atomic mass is 9.79. The summed E-state index contributed by atoms with van der Waals surface area (Å²) in [5, 5.41) is 0. The second-order valence-electron chi connectivity index (χ2n) is 5.16. The van der Waals surface area contributed by atoms with Crippen LogP contribution in [-0.2, 0) is 9.53 Å². The van der Waals surface area contributed by atoms with Gasteiger partial charge in [-0.2, -0.15) is 0 Å². The van der Waals surface area contributed by atoms with Gasteiger partial charge in [0.25, 0.3) is 0 Å². The van der Waals surface area contributed by atoms with E-state index in [0.29, 0.717) is 32.6 Å². The molecule has 2 rings (SSSR count). The molecule has 6 heteroatoms. The fourth-order valence-electron chi connectivity index (χ4n) is 2.55. The Kier molecular flexibility index (Phi) is 7.00. The molecule has 1 aromatic rings. The molecule has 0 unspecified atom stereocenters. The third-order valence-electron chi connectivity index (χ3n) is 4.06. The van der Waals surface area contributed by atoms with Crippen molar-refractivity contribution in [2.75, 3.05) is 38.0 Å². The summed E-state index contributed by atoms with van der Waals surface area (Å²) in [6.45, 7) is 1.60. The zero-order chi connectivity index (χ0) is 14.6. The van der Waals surface area contributed by atoms with E-state index in [0.717, 1.165) is 5.69 Å². The van der Waals surface area contributed by atoms with Crippen molar-refractivity contribution < 1.29 is 9.53 Å². The quantitative estimate of drug-likeness (QED) is 0.862. The Hall–Kier alpha value is -0.750. The highest BCUT2D eigenvalue weighted by Crippen LogP contribution is 2.33. The van der Waals surface area contributed by atoms with Gasteiger partial charge in [0.1, 0.15) is 0 Å². The van der Waals surface area contributed by atoms with Crippen molar-refractivity contribution in [1.82, 2.24) is 0 Å². The summed E-state index contributed by atoms with van der Waals surface area (Å²) in [7, 11) is 1.82. The van der Waals surface area contributed by atoms with Gasteiger partial charge in [0.05, 0.1) is 5.41 Å². The molecule has 1 aliphatic heterocycles. The number of benzene rings is 1. The van der Waals surface area contributed by atoms with Crippen LogP contribution in [0, 0.1) is 5.41 Å². The maximum absolute atomic E-state index is 12.8. The first-order valence-corrected chi connectivity index (χ1v) is 8.05. The molecule has 2 N–H and O–H groups in total. The van der Waals surface area contributed by atoms with Crippen LogP contribution in [0.15, 0.2) is 29.2 Å². The first kappa shape index (κ1) is 18.3. The van der Waals surface area contributed by atoms with E-state index in [4.69, 9.17) is 10.5 Å². The zero-order valence-corrected chi connectivity index (χ0v) is 14.1. The van der Waals surface area contributed by atoms with E-state index < -0.39 is 5.41 Å². The van der Waals surface area contributed by atoms with E-state index in [1.165, 1.54) is 4.90 Å². The predicted molar refractivity (Wildman–Crippen MR) is 90.4 cm³/mol. The van der Waals surface area contributed by atoms with Crippen LogP contribution < -0.4 is 10.6 Å². The summed E-state index contributed by atoms with van der Waals surface area (Å²) >= 11 is 1.69. The summed E-state index contributed by atoms with van der Waals surface area (Å²) < 4.78 is 5.36. The molecule has 21 heavy (non-hydrogen) atoms. The normalized spacial score (nSPS) is 16.9. The number of carbonyl (C=O) groups excluding carboxylic acids is 1. The predicted octanol–water partition coefficient (Wildman–Crippen LogP) is 2.55. The Balaban J connectivity index is 0.00000220. The van der Waals surface area contributed by atoms with Crippen LogP contribution in [0.25, 0.3) is 0 Å². The van der Waals surface area contributed by atoms with Gasteiger partial charge in [-0.15, -0.1) is 24.2 Å². The Morgan fingerprint density at radius 3 is 2.38 bits per heavy atom. The molecular weight excluding hydrogens is 308 g/mol. The van der Waals surface area contributed by atoms with E-state index >= 15 is 0 Å². The number of nitrogens with two attached hydrogens (primary N) is 1. The molecule has 1 aliphatic rings. The monoisotopic (exact) mass is 330 g/mol. The van der Waals surface area contributed by atoms with Crippen molar-refractivity contribution in [2.45, 2.75) is 17.7 Å². The smallest absolute Gasteiger partial charge is 0.234 e. The van der Waals surface area contributed by atoms with Crippen LogP contribution in [0.1, 0.15) is 12.8 Å². The summed E-state index contributed by atoms with van der Waals surface area (Å²) in [5.74, 6) is 0.0974. The highest BCUT2D eigenvalue weighted by molar-refractivity contribution is 7.98. The second-order valence-corrected chi connectivity index (χ2v) is 6.04. The lowest BCUT2D eigenvalue weighted by Crippen LogP contribution is -2.49. The summed E-state index contributed by atoms with van der Waals surface area (Å²) in [6, 6.07) is 8.02. The molecule has 0 aliphatic carbocycles. The van der Waals surface area contributed by atoms with Crippen LogP contribution >= 0.6 is 24.2 Å². The maximum atomic E-state index is 12.8. The fourth-order valence-corrected chi connectivity index (χ4v) is 2.95. The van der Waals surface area contributed by atoms with Crippen LogP contribution in [0.5, 0.6) is 0 Å². The number of thioether (sulfide) groups is 1. The van der Waals surface area contributed by atoms with Gasteiger partial charge in [-0.1, -0.05) is 0 Å². The minimum absolute atomic E-state index is 0. The number of rotatable bonds is 4. The SMILES string of the molecule is CSc1ccc(N(C)C(=O)C2(CN)CCOCC2)cc1.Cl. The van der Waals surface area contributed by atoms with Crippen molar-refractivity contribution >= 4 is 35.8 Å². The molecule has 1 aromatic carbocycles. The van der Waals surface area contributed by atoms with Gasteiger partial charge < -0.3 is 15.4 Å². The van der Waals surface area contributed by atoms with Crippen LogP contribution in [0.4, 0.5) is 5.69 Å². The average molecular weight is 331 g/mol. The van der Waals surface area contributed by atoms with Gasteiger partial charge >= 0.3 is 0 Å². The Morgan fingerprint density at radius 2 is 1.90 bits per heavy atom. The topological polar surface area (TPSA) is 55.6 Å². The molecule has 0 aromatic heterocycles. The van der Waals surface area contributed by atoms with Gasteiger partial charge in [0.15, 0.2) is 0 Å². The van der Waals surface area contributed by atoms with Gasteiger partial charge in [-0.05, 0) is 43.4 Å². The summed E-state index contributed by atoms with van der Waals surface area (Å²) in [6.07, 6.45) is 3.44. The lowest BCUT2D eigenvalue weighted by molar-refractivity contribution is -0.132. The number of ether oxygens (including phenoxy) is 1. The number of anilines is 1. The highest BCUT2D eigenvalue weighted by Gasteiger charge is 2.40. The van der Waals surface area contributed by atoms with Gasteiger partial charge in [-0.3, -0.25) is 4.79 Å². The van der Waals surface area contributed by atoms with Crippen molar-refractivity contribution in [3.8, 4) is 0 Å². The van der Waals surface area contributed by atoms with Crippen LogP contribution in [0.3, 0.4) is 0 Å². The van der Waals surface area contributed by atoms with Gasteiger partial charge in [0.2, 0.25) is 5.91 Å². The van der Waals surface area contributed by atoms with E-state index in [-0.39, 0.29) is 18.3 Å². The molecule has 0 bridgehead atoms. The largest absolute Gasteiger partial charge is 0.381 e. The van der Waals surface area contributed by atoms with E-state index in [1.807, 2.05) is 37.6 Å². The molecule has 4 nitrogen and oxygen atoms in total. The fraction of sp³-hybridized carbons (Fsp3) is 0.533. The minimum atomic E-state index is -0.467. The summed E-state index contributed by atoms with van der Waals surface area (Å²) in [4.78, 5) is 15.7. The molecule has 0 radical (unpaired) electrons. The van der Waals surface area contributed by atoms with Gasteiger partial charge in [-0.25, -0.2) is 0 Å². The van der Waals surface area contributed by atoms with Crippen molar-refractivity contribution in [2.24, 2.45) is 11.1 Å². The second kappa shape index (κ2) is 8.03. The maximum Gasteiger partial charge on any atom is 0.234 e. The van der Waals surface area contributed by atoms with Crippen LogP contribution in [-0.4, -0.2) is 39.0 Å². The van der Waals surface area contributed by atoms with Gasteiger partial charge in [0, 0.05) is 37.4 Å². The molecular formula is C15H23ClN2O2S. The number of carbonyl (C=O) groups is 1. The highest BCUT2D eigenvalue weighted by atomic mass is 35.5. The molecule has 1 amide bonds. The molecule has 0 spiro atoms. The number of halogens is 1. The standard InChI is InChI=1S/C15H22N2O2S.ClH/c1-17(12-3-5-13(20-2)6-4-12)14(18)15(11-16)7-9-19-10-8-15;/h3-6H,7-11,16H2,1-2H3;1H. The van der Waals surface area contributed by atoms with Crippen molar-refractivity contribution in [1.29, 1.82) is 0 Å². The first-order chi connectivity index (χ1) is 9.63. The minimum Gasteiger partial charge on any atom is -0.381 e. The molecule has 1 heterocycles. The Labute approximate surface area is 136 Å². The number of hydrogen-bond acceptors (Lipinski definition) is 4.